The van der Waals surface area contributed by atoms with E-state index in [1.165, 1.54) is 12.2 Å². The molecule has 0 aromatic heterocycles. The van der Waals surface area contributed by atoms with Gasteiger partial charge in [0.1, 0.15) is 0 Å². The molecule has 9 atom stereocenters. The van der Waals surface area contributed by atoms with Crippen LogP contribution in [0.3, 0.4) is 0 Å². The number of allylic oxidation sites excluding steroid dienone is 4. The predicted octanol–water partition coefficient (Wildman–Crippen LogP) is 4.75. The lowest BCUT2D eigenvalue weighted by atomic mass is 9.44. The lowest BCUT2D eigenvalue weighted by Gasteiger charge is -2.62. The summed E-state index contributed by atoms with van der Waals surface area (Å²) in [4.78, 5) is 26.2. The van der Waals surface area contributed by atoms with Gasteiger partial charge in [-0.2, -0.15) is 0 Å². The standard InChI is InChI=1S/C37H38FNO6/c1-34-16-14-27(41)19-25(34)12-13-28-29-20-32-37(30(42)15-17-40,35(29,2)21-31(43)36(28,34)38)45-33(44-32)24-10-8-22(9-11-24)6-7-23-4-3-5-26(39)18-23/h3-5,8-11,14,16,18-19,28-29,31-33,40,43H,12-13,15,17,20-21,39H2,1-2H3/t28-,29-,31-,32+,33-,34-,35-,36-,37+/m0/s1. The van der Waals surface area contributed by atoms with Crippen LogP contribution in [-0.4, -0.2) is 51.9 Å². The smallest absolute Gasteiger partial charge is 0.185 e. The average Bonchev–Trinajstić information content (AvgIpc) is 3.51. The van der Waals surface area contributed by atoms with E-state index in [2.05, 4.69) is 11.8 Å². The minimum absolute atomic E-state index is 0.0163. The summed E-state index contributed by atoms with van der Waals surface area (Å²) in [5.41, 5.74) is 3.93. The van der Waals surface area contributed by atoms with Crippen molar-refractivity contribution in [2.45, 2.75) is 75.7 Å². The van der Waals surface area contributed by atoms with E-state index in [9.17, 15) is 19.8 Å². The number of Topliss-reactive ketones (excluding diaryl/α,β-unsaturated/α-hetero) is 1. The normalized spacial score (nSPS) is 39.5. The maximum absolute atomic E-state index is 17.6. The fourth-order valence-corrected chi connectivity index (χ4v) is 9.38. The number of nitrogen functional groups attached to an aromatic ring is 1. The van der Waals surface area contributed by atoms with Gasteiger partial charge in [-0.15, -0.1) is 0 Å². The molecule has 0 unspecified atom stereocenters. The number of aliphatic hydroxyl groups excluding tert-OH is 2. The van der Waals surface area contributed by atoms with Crippen molar-refractivity contribution in [3.05, 3.63) is 89.0 Å². The van der Waals surface area contributed by atoms with E-state index >= 15 is 4.39 Å². The number of benzene rings is 2. The van der Waals surface area contributed by atoms with Crippen LogP contribution in [0, 0.1) is 34.5 Å². The van der Waals surface area contributed by atoms with Crippen molar-refractivity contribution in [2.24, 2.45) is 22.7 Å². The molecule has 1 saturated heterocycles. The van der Waals surface area contributed by atoms with Crippen molar-refractivity contribution in [1.29, 1.82) is 0 Å². The highest BCUT2D eigenvalue weighted by Crippen LogP contribution is 2.72. The van der Waals surface area contributed by atoms with Crippen molar-refractivity contribution >= 4 is 17.3 Å². The molecule has 4 fully saturated rings. The third-order valence-electron chi connectivity index (χ3n) is 11.6. The zero-order valence-corrected chi connectivity index (χ0v) is 25.5. The zero-order chi connectivity index (χ0) is 31.8. The molecule has 2 aromatic carbocycles. The van der Waals surface area contributed by atoms with Gasteiger partial charge in [-0.1, -0.05) is 48.6 Å². The highest BCUT2D eigenvalue weighted by molar-refractivity contribution is 6.01. The number of hydrogen-bond donors (Lipinski definition) is 3. The van der Waals surface area contributed by atoms with Crippen LogP contribution in [0.25, 0.3) is 0 Å². The number of halogens is 1. The fraction of sp³-hybridized carbons (Fsp3) is 0.459. The lowest BCUT2D eigenvalue weighted by molar-refractivity contribution is -0.231. The maximum Gasteiger partial charge on any atom is 0.185 e. The molecule has 0 radical (unpaired) electrons. The van der Waals surface area contributed by atoms with Gasteiger partial charge in [0.05, 0.1) is 18.8 Å². The molecule has 1 aliphatic heterocycles. The molecular weight excluding hydrogens is 573 g/mol. The Morgan fingerprint density at radius 1 is 1.11 bits per heavy atom. The van der Waals surface area contributed by atoms with Gasteiger partial charge in [-0.05, 0) is 81.0 Å². The van der Waals surface area contributed by atoms with Gasteiger partial charge in [-0.3, -0.25) is 9.59 Å². The largest absolute Gasteiger partial charge is 0.399 e. The van der Waals surface area contributed by atoms with Gasteiger partial charge >= 0.3 is 0 Å². The van der Waals surface area contributed by atoms with Crippen LogP contribution >= 0.6 is 0 Å². The first-order valence-electron chi connectivity index (χ1n) is 15.7. The van der Waals surface area contributed by atoms with Crippen molar-refractivity contribution in [1.82, 2.24) is 0 Å². The van der Waals surface area contributed by atoms with Crippen molar-refractivity contribution in [2.75, 3.05) is 12.3 Å². The number of fused-ring (bicyclic) bond motifs is 7. The molecule has 45 heavy (non-hydrogen) atoms. The van der Waals surface area contributed by atoms with Crippen molar-refractivity contribution < 1.29 is 33.7 Å². The van der Waals surface area contributed by atoms with E-state index in [1.807, 2.05) is 49.4 Å². The van der Waals surface area contributed by atoms with E-state index in [-0.39, 0.29) is 36.9 Å². The van der Waals surface area contributed by atoms with Crippen LogP contribution < -0.4 is 5.73 Å². The monoisotopic (exact) mass is 611 g/mol. The fourth-order valence-electron chi connectivity index (χ4n) is 9.38. The highest BCUT2D eigenvalue weighted by Gasteiger charge is 2.79. The highest BCUT2D eigenvalue weighted by atomic mass is 19.1. The van der Waals surface area contributed by atoms with Crippen molar-refractivity contribution in [3.63, 3.8) is 0 Å². The van der Waals surface area contributed by atoms with Gasteiger partial charge in [-0.25, -0.2) is 4.39 Å². The summed E-state index contributed by atoms with van der Waals surface area (Å²) in [5.74, 6) is 4.87. The lowest BCUT2D eigenvalue weighted by Crippen LogP contribution is -2.69. The van der Waals surface area contributed by atoms with Crippen LogP contribution in [-0.2, 0) is 19.1 Å². The average molecular weight is 612 g/mol. The second kappa shape index (κ2) is 10.5. The number of ketones is 2. The summed E-state index contributed by atoms with van der Waals surface area (Å²) < 4.78 is 30.8. The number of hydrogen-bond acceptors (Lipinski definition) is 7. The Bertz CT molecular complexity index is 1690. The number of aliphatic hydroxyl groups is 2. The van der Waals surface area contributed by atoms with Crippen LogP contribution in [0.15, 0.2) is 72.3 Å². The third-order valence-corrected chi connectivity index (χ3v) is 11.6. The van der Waals surface area contributed by atoms with Crippen LogP contribution in [0.2, 0.25) is 0 Å². The third kappa shape index (κ3) is 4.18. The molecule has 5 aliphatic rings. The number of nitrogens with two attached hydrogens (primary N) is 1. The number of carbonyl (C=O) groups excluding carboxylic acids is 2. The summed E-state index contributed by atoms with van der Waals surface area (Å²) in [7, 11) is 0. The Morgan fingerprint density at radius 2 is 1.87 bits per heavy atom. The van der Waals surface area contributed by atoms with Gasteiger partial charge in [0, 0.05) is 45.5 Å². The first-order chi connectivity index (χ1) is 21.5. The molecule has 3 saturated carbocycles. The molecule has 7 nitrogen and oxygen atoms in total. The summed E-state index contributed by atoms with van der Waals surface area (Å²) in [6.07, 6.45) is 2.79. The Labute approximate surface area is 262 Å². The molecule has 1 heterocycles. The molecule has 8 heteroatoms. The first kappa shape index (κ1) is 30.1. The zero-order valence-electron chi connectivity index (χ0n) is 25.5. The predicted molar refractivity (Wildman–Crippen MR) is 165 cm³/mol. The van der Waals surface area contributed by atoms with Crippen LogP contribution in [0.4, 0.5) is 10.1 Å². The molecule has 2 aromatic rings. The van der Waals surface area contributed by atoms with E-state index < -0.39 is 46.5 Å². The van der Waals surface area contributed by atoms with E-state index in [1.54, 1.807) is 19.1 Å². The summed E-state index contributed by atoms with van der Waals surface area (Å²) in [6.45, 7) is 3.34. The Hall–Kier alpha value is -3.61. The van der Waals surface area contributed by atoms with Gasteiger partial charge in [0.2, 0.25) is 0 Å². The minimum atomic E-state index is -2.03. The second-order valence-corrected chi connectivity index (χ2v) is 13.7. The Balaban J connectivity index is 1.20. The van der Waals surface area contributed by atoms with Gasteiger partial charge in [0.15, 0.2) is 29.1 Å². The molecular formula is C37H38FNO6. The summed E-state index contributed by atoms with van der Waals surface area (Å²) in [6, 6.07) is 14.8. The van der Waals surface area contributed by atoms with E-state index in [0.717, 1.165) is 11.1 Å². The molecule has 0 bridgehead atoms. The number of carbonyl (C=O) groups is 2. The van der Waals surface area contributed by atoms with Crippen LogP contribution in [0.1, 0.15) is 68.9 Å². The molecule has 0 spiro atoms. The number of anilines is 1. The topological polar surface area (TPSA) is 119 Å². The molecule has 4 N–H and O–H groups in total. The molecule has 7 rings (SSSR count). The van der Waals surface area contributed by atoms with Crippen LogP contribution in [0.5, 0.6) is 0 Å². The van der Waals surface area contributed by atoms with E-state index in [4.69, 9.17) is 15.2 Å². The maximum atomic E-state index is 17.6. The quantitative estimate of drug-likeness (QED) is 0.337. The summed E-state index contributed by atoms with van der Waals surface area (Å²) >= 11 is 0. The van der Waals surface area contributed by atoms with Gasteiger partial charge in [0.25, 0.3) is 0 Å². The Morgan fingerprint density at radius 3 is 2.60 bits per heavy atom. The SMILES string of the molecule is C[C@]12C=CC(=O)C=C1CC[C@H]1[C@@H]3C[C@H]4O[C@H](c5ccc(C#Cc6cccc(N)c6)cc5)O[C@@]4(C(=O)CCO)[C@@]3(C)C[C@H](O)[C@@]12F. The number of alkyl halides is 1. The molecule has 0 amide bonds. The molecule has 234 valence electrons. The van der Waals surface area contributed by atoms with Gasteiger partial charge < -0.3 is 25.4 Å². The van der Waals surface area contributed by atoms with Crippen molar-refractivity contribution in [3.8, 4) is 11.8 Å². The summed E-state index contributed by atoms with van der Waals surface area (Å²) in [5, 5.41) is 21.6. The minimum Gasteiger partial charge on any atom is -0.399 e. The number of ether oxygens (including phenoxy) is 2. The molecule has 4 aliphatic carbocycles. The first-order valence-corrected chi connectivity index (χ1v) is 15.7. The number of rotatable bonds is 4. The Kier molecular flexibility index (Phi) is 6.99. The second-order valence-electron chi connectivity index (χ2n) is 13.7. The van der Waals surface area contributed by atoms with E-state index in [0.29, 0.717) is 36.1 Å².